The highest BCUT2D eigenvalue weighted by Crippen LogP contribution is 2.44. The molecule has 0 aliphatic heterocycles. The van der Waals surface area contributed by atoms with Crippen molar-refractivity contribution in [1.82, 2.24) is 0 Å². The summed E-state index contributed by atoms with van der Waals surface area (Å²) in [7, 11) is 0. The first kappa shape index (κ1) is 11.2. The Morgan fingerprint density at radius 3 is 2.73 bits per heavy atom. The van der Waals surface area contributed by atoms with Crippen LogP contribution in [0.1, 0.15) is 24.3 Å². The molecule has 0 heterocycles. The number of carboxylic acid groups (broad SMARTS) is 1. The van der Waals surface area contributed by atoms with Gasteiger partial charge in [0, 0.05) is 8.59 Å². The Morgan fingerprint density at radius 1 is 1.53 bits per heavy atom. The van der Waals surface area contributed by atoms with Crippen molar-refractivity contribution in [3.05, 3.63) is 32.4 Å². The molecule has 4 heteroatoms. The van der Waals surface area contributed by atoms with Crippen LogP contribution in [0.4, 0.5) is 0 Å². The van der Waals surface area contributed by atoms with Gasteiger partial charge in [-0.25, -0.2) is 0 Å². The Balaban J connectivity index is 2.40. The van der Waals surface area contributed by atoms with Gasteiger partial charge in [-0.15, -0.1) is 0 Å². The van der Waals surface area contributed by atoms with Gasteiger partial charge in [-0.3, -0.25) is 4.79 Å². The lowest BCUT2D eigenvalue weighted by Crippen LogP contribution is -2.14. The largest absolute Gasteiger partial charge is 0.481 e. The van der Waals surface area contributed by atoms with E-state index in [1.807, 2.05) is 12.1 Å². The first-order valence-corrected chi connectivity index (χ1v) is 6.23. The van der Waals surface area contributed by atoms with Gasteiger partial charge in [-0.1, -0.05) is 11.6 Å². The molecule has 0 spiro atoms. The van der Waals surface area contributed by atoms with Gasteiger partial charge in [0.2, 0.25) is 0 Å². The molecule has 1 fully saturated rings. The van der Waals surface area contributed by atoms with Gasteiger partial charge in [0.25, 0.3) is 0 Å². The Bertz CT molecular complexity index is 402. The van der Waals surface area contributed by atoms with Crippen molar-refractivity contribution in [2.75, 3.05) is 0 Å². The second kappa shape index (κ2) is 4.29. The highest BCUT2D eigenvalue weighted by molar-refractivity contribution is 14.1. The summed E-state index contributed by atoms with van der Waals surface area (Å²) in [5.74, 6) is -0.910. The lowest BCUT2D eigenvalue weighted by molar-refractivity contribution is -0.139. The van der Waals surface area contributed by atoms with E-state index in [2.05, 4.69) is 22.6 Å². The predicted molar refractivity (Wildman–Crippen MR) is 67.3 cm³/mol. The Kier molecular flexibility index (Phi) is 3.21. The summed E-state index contributed by atoms with van der Waals surface area (Å²) in [6.45, 7) is 0. The van der Waals surface area contributed by atoms with Crippen molar-refractivity contribution in [3.8, 4) is 0 Å². The second-order valence-electron chi connectivity index (χ2n) is 3.82. The maximum Gasteiger partial charge on any atom is 0.311 e. The first-order chi connectivity index (χ1) is 7.09. The molecule has 2 nitrogen and oxygen atoms in total. The van der Waals surface area contributed by atoms with Gasteiger partial charge in [0.1, 0.15) is 0 Å². The fourth-order valence-corrected chi connectivity index (χ4v) is 2.52. The summed E-state index contributed by atoms with van der Waals surface area (Å²) in [6.07, 6.45) is 2.00. The molecule has 0 amide bonds. The van der Waals surface area contributed by atoms with Crippen LogP contribution >= 0.6 is 34.2 Å². The minimum absolute atomic E-state index is 0.276. The van der Waals surface area contributed by atoms with Crippen molar-refractivity contribution < 1.29 is 9.90 Å². The molecule has 1 aliphatic carbocycles. The third-order valence-electron chi connectivity index (χ3n) is 2.65. The summed E-state index contributed by atoms with van der Waals surface area (Å²) in [5.41, 5.74) is 0.763. The van der Waals surface area contributed by atoms with Gasteiger partial charge in [-0.05, 0) is 65.1 Å². The average molecular weight is 337 g/mol. The Hall–Kier alpha value is -0.290. The maximum absolute atomic E-state index is 11.2. The van der Waals surface area contributed by atoms with Crippen LogP contribution in [0, 0.1) is 9.49 Å². The van der Waals surface area contributed by atoms with E-state index < -0.39 is 11.9 Å². The fourth-order valence-electron chi connectivity index (χ4n) is 1.77. The summed E-state index contributed by atoms with van der Waals surface area (Å²) < 4.78 is 1.03. The molecule has 0 radical (unpaired) electrons. The minimum atomic E-state index is -0.763. The van der Waals surface area contributed by atoms with Crippen LogP contribution in [-0.2, 0) is 4.79 Å². The third kappa shape index (κ3) is 2.45. The average Bonchev–Trinajstić information content (AvgIpc) is 2.95. The van der Waals surface area contributed by atoms with E-state index in [0.29, 0.717) is 5.02 Å². The lowest BCUT2D eigenvalue weighted by Gasteiger charge is -2.13. The molecule has 1 unspecified atom stereocenters. The van der Waals surface area contributed by atoms with E-state index >= 15 is 0 Å². The van der Waals surface area contributed by atoms with Gasteiger partial charge in [-0.2, -0.15) is 0 Å². The normalized spacial score (nSPS) is 17.5. The van der Waals surface area contributed by atoms with Crippen LogP contribution in [0.3, 0.4) is 0 Å². The number of hydrogen-bond donors (Lipinski definition) is 1. The second-order valence-corrected chi connectivity index (χ2v) is 5.47. The number of halogens is 2. The zero-order chi connectivity index (χ0) is 11.0. The van der Waals surface area contributed by atoms with Crippen LogP contribution in [0.25, 0.3) is 0 Å². The Labute approximate surface area is 107 Å². The summed E-state index contributed by atoms with van der Waals surface area (Å²) in [5, 5.41) is 9.76. The molecule has 1 aromatic rings. The molecule has 1 N–H and O–H groups in total. The topological polar surface area (TPSA) is 37.3 Å². The molecule has 15 heavy (non-hydrogen) atoms. The molecule has 0 bridgehead atoms. The van der Waals surface area contributed by atoms with Gasteiger partial charge >= 0.3 is 5.97 Å². The molecule has 0 saturated heterocycles. The van der Waals surface area contributed by atoms with Crippen LogP contribution in [0.15, 0.2) is 18.2 Å². The van der Waals surface area contributed by atoms with Crippen molar-refractivity contribution in [3.63, 3.8) is 0 Å². The monoisotopic (exact) mass is 336 g/mol. The SMILES string of the molecule is O=C(O)C(c1cc(I)ccc1Cl)C1CC1. The molecule has 80 valence electrons. The smallest absolute Gasteiger partial charge is 0.311 e. The minimum Gasteiger partial charge on any atom is -0.481 e. The number of carboxylic acids is 1. The number of benzene rings is 1. The standard InChI is InChI=1S/C11H10ClIO2/c12-9-4-3-7(13)5-8(9)10(11(14)15)6-1-2-6/h3-6,10H,1-2H2,(H,14,15). The van der Waals surface area contributed by atoms with E-state index in [1.165, 1.54) is 0 Å². The first-order valence-electron chi connectivity index (χ1n) is 4.77. The fraction of sp³-hybridized carbons (Fsp3) is 0.364. The molecule has 1 saturated carbocycles. The number of rotatable bonds is 3. The maximum atomic E-state index is 11.2. The van der Waals surface area contributed by atoms with Crippen LogP contribution < -0.4 is 0 Å². The van der Waals surface area contributed by atoms with E-state index in [9.17, 15) is 9.90 Å². The van der Waals surface area contributed by atoms with Crippen LogP contribution in [0.5, 0.6) is 0 Å². The van der Waals surface area contributed by atoms with Gasteiger partial charge in [0.05, 0.1) is 5.92 Å². The molecule has 0 aromatic heterocycles. The van der Waals surface area contributed by atoms with Crippen molar-refractivity contribution >= 4 is 40.2 Å². The molecule has 1 aliphatic rings. The van der Waals surface area contributed by atoms with Gasteiger partial charge in [0.15, 0.2) is 0 Å². The molecule has 1 aromatic carbocycles. The van der Waals surface area contributed by atoms with Crippen LogP contribution in [0.2, 0.25) is 5.02 Å². The highest BCUT2D eigenvalue weighted by atomic mass is 127. The van der Waals surface area contributed by atoms with E-state index in [1.54, 1.807) is 6.07 Å². The van der Waals surface area contributed by atoms with Crippen molar-refractivity contribution in [2.45, 2.75) is 18.8 Å². The number of aliphatic carboxylic acids is 1. The summed E-state index contributed by atoms with van der Waals surface area (Å²) >= 11 is 8.21. The van der Waals surface area contributed by atoms with E-state index in [4.69, 9.17) is 11.6 Å². The zero-order valence-electron chi connectivity index (χ0n) is 7.91. The zero-order valence-corrected chi connectivity index (χ0v) is 10.8. The summed E-state index contributed by atoms with van der Waals surface area (Å²) in [4.78, 5) is 11.2. The van der Waals surface area contributed by atoms with Crippen molar-refractivity contribution in [1.29, 1.82) is 0 Å². The Morgan fingerprint density at radius 2 is 2.20 bits per heavy atom. The molecule has 1 atom stereocenters. The third-order valence-corrected chi connectivity index (χ3v) is 3.67. The predicted octanol–water partition coefficient (Wildman–Crippen LogP) is 3.52. The van der Waals surface area contributed by atoms with Crippen LogP contribution in [-0.4, -0.2) is 11.1 Å². The molecular weight excluding hydrogens is 326 g/mol. The number of carbonyl (C=O) groups is 1. The van der Waals surface area contributed by atoms with Crippen molar-refractivity contribution in [2.24, 2.45) is 5.92 Å². The van der Waals surface area contributed by atoms with E-state index in [0.717, 1.165) is 22.0 Å². The molecular formula is C11H10ClIO2. The lowest BCUT2D eigenvalue weighted by atomic mass is 9.94. The number of hydrogen-bond acceptors (Lipinski definition) is 1. The molecule has 2 rings (SSSR count). The summed E-state index contributed by atoms with van der Waals surface area (Å²) in [6, 6.07) is 5.54. The van der Waals surface area contributed by atoms with E-state index in [-0.39, 0.29) is 5.92 Å². The van der Waals surface area contributed by atoms with Gasteiger partial charge < -0.3 is 5.11 Å². The quantitative estimate of drug-likeness (QED) is 0.858. The highest BCUT2D eigenvalue weighted by Gasteiger charge is 2.38.